The molecule has 0 saturated carbocycles. The van der Waals surface area contributed by atoms with Crippen LogP contribution in [0, 0.1) is 20.8 Å². The van der Waals surface area contributed by atoms with Gasteiger partial charge in [0.15, 0.2) is 0 Å². The highest BCUT2D eigenvalue weighted by molar-refractivity contribution is 5.09. The van der Waals surface area contributed by atoms with Gasteiger partial charge in [0, 0.05) is 22.8 Å². The zero-order valence-electron chi connectivity index (χ0n) is 11.1. The quantitative estimate of drug-likeness (QED) is 0.744. The lowest BCUT2D eigenvalue weighted by Crippen LogP contribution is -1.87. The van der Waals surface area contributed by atoms with Crippen LogP contribution in [0.15, 0.2) is 36.4 Å². The molecule has 2 aromatic rings. The number of rotatable bonds is 1. The standard InChI is InChI=1S/C8H11N.C7H9N/c1-3-8-6-4-5-7(2)9-8;1-6-4-3-5-7(2)8-6/h4-6H,3H2,1-2H3;3-5H,1-2H3. The molecule has 0 amide bonds. The van der Waals surface area contributed by atoms with Gasteiger partial charge in [0.25, 0.3) is 0 Å². The highest BCUT2D eigenvalue weighted by Crippen LogP contribution is 1.97. The van der Waals surface area contributed by atoms with Gasteiger partial charge in [-0.15, -0.1) is 0 Å². The summed E-state index contributed by atoms with van der Waals surface area (Å²) in [5.41, 5.74) is 4.46. The van der Waals surface area contributed by atoms with Crippen molar-refractivity contribution in [3.63, 3.8) is 0 Å². The van der Waals surface area contributed by atoms with Crippen molar-refractivity contribution in [2.75, 3.05) is 0 Å². The van der Waals surface area contributed by atoms with Crippen molar-refractivity contribution in [3.05, 3.63) is 59.2 Å². The van der Waals surface area contributed by atoms with E-state index >= 15 is 0 Å². The molecule has 90 valence electrons. The summed E-state index contributed by atoms with van der Waals surface area (Å²) in [6.07, 6.45) is 1.03. The third-order valence-corrected chi connectivity index (χ3v) is 2.34. The average molecular weight is 228 g/mol. The molecule has 0 unspecified atom stereocenters. The van der Waals surface area contributed by atoms with Crippen molar-refractivity contribution in [1.29, 1.82) is 0 Å². The first-order valence-corrected chi connectivity index (χ1v) is 5.94. The second-order valence-electron chi connectivity index (χ2n) is 4.04. The molecule has 2 heterocycles. The molecule has 0 saturated heterocycles. The van der Waals surface area contributed by atoms with Gasteiger partial charge in [0.05, 0.1) is 0 Å². The van der Waals surface area contributed by atoms with Crippen molar-refractivity contribution in [2.24, 2.45) is 0 Å². The molecule has 0 fully saturated rings. The Morgan fingerprint density at radius 2 is 1.24 bits per heavy atom. The number of aromatic nitrogens is 2. The lowest BCUT2D eigenvalue weighted by atomic mass is 10.3. The van der Waals surface area contributed by atoms with Gasteiger partial charge < -0.3 is 0 Å². The van der Waals surface area contributed by atoms with E-state index in [0.717, 1.165) is 23.5 Å². The molecular weight excluding hydrogens is 208 g/mol. The molecule has 0 aliphatic heterocycles. The molecule has 2 nitrogen and oxygen atoms in total. The second-order valence-corrected chi connectivity index (χ2v) is 4.04. The lowest BCUT2D eigenvalue weighted by molar-refractivity contribution is 1.01. The first-order valence-electron chi connectivity index (χ1n) is 5.94. The van der Waals surface area contributed by atoms with Gasteiger partial charge in [-0.05, 0) is 51.5 Å². The molecule has 0 aromatic carbocycles. The maximum Gasteiger partial charge on any atom is 0.0404 e. The van der Waals surface area contributed by atoms with Crippen LogP contribution >= 0.6 is 0 Å². The fourth-order valence-corrected chi connectivity index (χ4v) is 1.48. The van der Waals surface area contributed by atoms with E-state index in [0.29, 0.717) is 0 Å². The van der Waals surface area contributed by atoms with Crippen LogP contribution in [0.1, 0.15) is 29.7 Å². The van der Waals surface area contributed by atoms with Crippen molar-refractivity contribution in [2.45, 2.75) is 34.1 Å². The molecule has 2 rings (SSSR count). The summed E-state index contributed by atoms with van der Waals surface area (Å²) in [5, 5.41) is 0. The van der Waals surface area contributed by atoms with Crippen LogP contribution in [-0.2, 0) is 6.42 Å². The Labute approximate surface area is 104 Å². The molecule has 0 atom stereocenters. The van der Waals surface area contributed by atoms with Gasteiger partial charge in [0.1, 0.15) is 0 Å². The molecule has 2 aromatic heterocycles. The maximum absolute atomic E-state index is 4.29. The highest BCUT2D eigenvalue weighted by Gasteiger charge is 1.87. The van der Waals surface area contributed by atoms with Crippen LogP contribution in [-0.4, -0.2) is 9.97 Å². The normalized spacial score (nSPS) is 9.41. The molecule has 0 aliphatic carbocycles. The van der Waals surface area contributed by atoms with Crippen LogP contribution in [0.3, 0.4) is 0 Å². The van der Waals surface area contributed by atoms with Gasteiger partial charge >= 0.3 is 0 Å². The Morgan fingerprint density at radius 1 is 0.765 bits per heavy atom. The van der Waals surface area contributed by atoms with E-state index < -0.39 is 0 Å². The molecule has 0 N–H and O–H groups in total. The third-order valence-electron chi connectivity index (χ3n) is 2.34. The lowest BCUT2D eigenvalue weighted by Gasteiger charge is -1.94. The summed E-state index contributed by atoms with van der Waals surface area (Å²) in [5.74, 6) is 0. The molecule has 17 heavy (non-hydrogen) atoms. The topological polar surface area (TPSA) is 25.8 Å². The van der Waals surface area contributed by atoms with E-state index in [2.05, 4.69) is 16.9 Å². The minimum Gasteiger partial charge on any atom is -0.258 e. The maximum atomic E-state index is 4.29. The van der Waals surface area contributed by atoms with Crippen LogP contribution < -0.4 is 0 Å². The van der Waals surface area contributed by atoms with E-state index in [4.69, 9.17) is 0 Å². The van der Waals surface area contributed by atoms with Gasteiger partial charge in [-0.25, -0.2) is 0 Å². The summed E-state index contributed by atoms with van der Waals surface area (Å²) in [6, 6.07) is 12.1. The number of hydrogen-bond donors (Lipinski definition) is 0. The minimum atomic E-state index is 1.03. The monoisotopic (exact) mass is 228 g/mol. The van der Waals surface area contributed by atoms with Gasteiger partial charge in [-0.3, -0.25) is 9.97 Å². The number of nitrogens with zero attached hydrogens (tertiary/aromatic N) is 2. The molecule has 0 bridgehead atoms. The van der Waals surface area contributed by atoms with E-state index in [-0.39, 0.29) is 0 Å². The van der Waals surface area contributed by atoms with E-state index in [1.54, 1.807) is 0 Å². The molecule has 0 aliphatic rings. The Balaban J connectivity index is 0.000000171. The van der Waals surface area contributed by atoms with Crippen LogP contribution in [0.5, 0.6) is 0 Å². The third kappa shape index (κ3) is 5.25. The predicted molar refractivity (Wildman–Crippen MR) is 72.1 cm³/mol. The average Bonchev–Trinajstić information content (AvgIpc) is 2.29. The fourth-order valence-electron chi connectivity index (χ4n) is 1.48. The molecular formula is C15H20N2. The predicted octanol–water partition coefficient (Wildman–Crippen LogP) is 3.65. The smallest absolute Gasteiger partial charge is 0.0404 e. The van der Waals surface area contributed by atoms with E-state index in [1.165, 1.54) is 5.69 Å². The minimum absolute atomic E-state index is 1.03. The van der Waals surface area contributed by atoms with Gasteiger partial charge in [-0.1, -0.05) is 19.1 Å². The van der Waals surface area contributed by atoms with Crippen LogP contribution in [0.2, 0.25) is 0 Å². The van der Waals surface area contributed by atoms with Crippen molar-refractivity contribution in [1.82, 2.24) is 9.97 Å². The molecule has 2 heteroatoms. The van der Waals surface area contributed by atoms with Crippen molar-refractivity contribution >= 4 is 0 Å². The van der Waals surface area contributed by atoms with Crippen LogP contribution in [0.25, 0.3) is 0 Å². The van der Waals surface area contributed by atoms with Crippen molar-refractivity contribution in [3.8, 4) is 0 Å². The van der Waals surface area contributed by atoms with E-state index in [1.807, 2.05) is 57.2 Å². The zero-order chi connectivity index (χ0) is 12.7. The summed E-state index contributed by atoms with van der Waals surface area (Å²) in [7, 11) is 0. The SMILES string of the molecule is CCc1cccc(C)n1.Cc1cccc(C)n1. The Morgan fingerprint density at radius 3 is 1.53 bits per heavy atom. The number of hydrogen-bond acceptors (Lipinski definition) is 2. The molecule has 0 radical (unpaired) electrons. The summed E-state index contributed by atoms with van der Waals surface area (Å²) < 4.78 is 0. The highest BCUT2D eigenvalue weighted by atomic mass is 14.7. The summed E-state index contributed by atoms with van der Waals surface area (Å²) in [6.45, 7) is 8.11. The van der Waals surface area contributed by atoms with Gasteiger partial charge in [-0.2, -0.15) is 0 Å². The number of aryl methyl sites for hydroxylation is 4. The van der Waals surface area contributed by atoms with Crippen molar-refractivity contribution < 1.29 is 0 Å². The number of pyridine rings is 2. The Bertz CT molecular complexity index is 447. The Hall–Kier alpha value is -1.70. The second kappa shape index (κ2) is 6.79. The first kappa shape index (κ1) is 13.4. The zero-order valence-corrected chi connectivity index (χ0v) is 11.1. The fraction of sp³-hybridized carbons (Fsp3) is 0.333. The Kier molecular flexibility index (Phi) is 5.34. The van der Waals surface area contributed by atoms with E-state index in [9.17, 15) is 0 Å². The first-order chi connectivity index (χ1) is 8.11. The largest absolute Gasteiger partial charge is 0.258 e. The summed E-state index contributed by atoms with van der Waals surface area (Å²) >= 11 is 0. The molecule has 0 spiro atoms. The van der Waals surface area contributed by atoms with Crippen LogP contribution in [0.4, 0.5) is 0 Å². The van der Waals surface area contributed by atoms with Gasteiger partial charge in [0.2, 0.25) is 0 Å². The summed E-state index contributed by atoms with van der Waals surface area (Å²) in [4.78, 5) is 8.47.